The molecule has 0 saturated heterocycles. The van der Waals surface area contributed by atoms with Gasteiger partial charge in [0.05, 0.1) is 6.04 Å². The van der Waals surface area contributed by atoms with Crippen LogP contribution in [0.2, 0.25) is 5.02 Å². The van der Waals surface area contributed by atoms with E-state index in [1.807, 2.05) is 43.3 Å². The molecule has 0 bridgehead atoms. The first-order chi connectivity index (χ1) is 12.4. The smallest absolute Gasteiger partial charge is 0.312 e. The summed E-state index contributed by atoms with van der Waals surface area (Å²) in [4.78, 5) is 25.2. The molecule has 2 rings (SSSR count). The Balaban J connectivity index is 2.00. The number of hydrogen-bond acceptors (Lipinski definition) is 3. The summed E-state index contributed by atoms with van der Waals surface area (Å²) < 4.78 is 0. The number of urea groups is 1. The first-order valence-corrected chi connectivity index (χ1v) is 8.57. The minimum absolute atomic E-state index is 0.0355. The van der Waals surface area contributed by atoms with Crippen LogP contribution in [0, 0.1) is 0 Å². The van der Waals surface area contributed by atoms with Crippen molar-refractivity contribution < 1.29 is 9.59 Å². The molecule has 0 heterocycles. The van der Waals surface area contributed by atoms with Crippen molar-refractivity contribution in [2.45, 2.75) is 12.6 Å². The number of hydrogen-bond donors (Lipinski definition) is 3. The number of carbonyl (C=O) groups excluding carboxylic acids is 2. The first kappa shape index (κ1) is 19.8. The third kappa shape index (κ3) is 5.47. The van der Waals surface area contributed by atoms with Gasteiger partial charge in [-0.05, 0) is 43.4 Å². The Morgan fingerprint density at radius 2 is 1.73 bits per heavy atom. The number of likely N-dealkylation sites (N-methyl/N-ethyl adjacent to an activating group) is 1. The van der Waals surface area contributed by atoms with Crippen LogP contribution < -0.4 is 16.4 Å². The molecule has 0 aliphatic rings. The van der Waals surface area contributed by atoms with Crippen LogP contribution in [0.4, 0.5) is 4.79 Å². The van der Waals surface area contributed by atoms with Crippen LogP contribution in [0.3, 0.4) is 0 Å². The highest BCUT2D eigenvalue weighted by Gasteiger charge is 2.18. The molecule has 0 radical (unpaired) electrons. The minimum atomic E-state index is -0.582. The van der Waals surface area contributed by atoms with Gasteiger partial charge in [-0.25, -0.2) is 4.79 Å². The summed E-state index contributed by atoms with van der Waals surface area (Å²) in [5, 5.41) is 6.13. The zero-order valence-electron chi connectivity index (χ0n) is 14.8. The van der Waals surface area contributed by atoms with E-state index in [2.05, 4.69) is 10.6 Å². The van der Waals surface area contributed by atoms with E-state index in [9.17, 15) is 9.59 Å². The van der Waals surface area contributed by atoms with E-state index in [4.69, 9.17) is 17.3 Å². The number of rotatable bonds is 7. The number of benzene rings is 2. The molecule has 2 aromatic rings. The number of amides is 3. The highest BCUT2D eigenvalue weighted by Crippen LogP contribution is 2.25. The fraction of sp³-hybridized carbons (Fsp3) is 0.263. The van der Waals surface area contributed by atoms with Gasteiger partial charge in [-0.15, -0.1) is 0 Å². The van der Waals surface area contributed by atoms with Crippen LogP contribution in [0.1, 0.15) is 27.5 Å². The lowest BCUT2D eigenvalue weighted by molar-refractivity contribution is 0.0942. The van der Waals surface area contributed by atoms with Crippen LogP contribution in [-0.4, -0.2) is 37.5 Å². The summed E-state index contributed by atoms with van der Waals surface area (Å²) >= 11 is 6.29. The Kier molecular flexibility index (Phi) is 7.00. The second-order valence-corrected chi connectivity index (χ2v) is 6.53. The van der Waals surface area contributed by atoms with Crippen molar-refractivity contribution in [1.29, 1.82) is 0 Å². The van der Waals surface area contributed by atoms with Gasteiger partial charge in [-0.2, -0.15) is 0 Å². The monoisotopic (exact) mass is 374 g/mol. The van der Waals surface area contributed by atoms with Gasteiger partial charge < -0.3 is 21.3 Å². The highest BCUT2D eigenvalue weighted by atomic mass is 35.5. The van der Waals surface area contributed by atoms with Crippen LogP contribution in [0.25, 0.3) is 0 Å². The molecule has 1 atom stereocenters. The maximum absolute atomic E-state index is 12.4. The number of primary amides is 1. The molecule has 0 fully saturated rings. The molecule has 0 spiro atoms. The topological polar surface area (TPSA) is 87.5 Å². The van der Waals surface area contributed by atoms with E-state index in [-0.39, 0.29) is 11.9 Å². The van der Waals surface area contributed by atoms with Crippen LogP contribution in [0.15, 0.2) is 48.5 Å². The molecule has 0 aromatic heterocycles. The van der Waals surface area contributed by atoms with Crippen molar-refractivity contribution >= 4 is 23.5 Å². The minimum Gasteiger partial charge on any atom is -0.352 e. The molecule has 4 N–H and O–H groups in total. The zero-order valence-corrected chi connectivity index (χ0v) is 15.6. The zero-order chi connectivity index (χ0) is 19.1. The molecule has 26 heavy (non-hydrogen) atoms. The third-order valence-electron chi connectivity index (χ3n) is 4.03. The van der Waals surface area contributed by atoms with Gasteiger partial charge in [0.25, 0.3) is 5.91 Å². The van der Waals surface area contributed by atoms with Crippen molar-refractivity contribution in [3.8, 4) is 0 Å². The number of nitrogens with two attached hydrogens (primary N) is 1. The molecular weight excluding hydrogens is 352 g/mol. The number of nitrogens with zero attached hydrogens (tertiary/aromatic N) is 1. The van der Waals surface area contributed by atoms with Gasteiger partial charge in [0, 0.05) is 23.7 Å². The van der Waals surface area contributed by atoms with Crippen LogP contribution in [0.5, 0.6) is 0 Å². The Morgan fingerprint density at radius 1 is 1.08 bits per heavy atom. The lowest BCUT2D eigenvalue weighted by atomic mass is 10.1. The van der Waals surface area contributed by atoms with E-state index in [1.54, 1.807) is 24.3 Å². The molecule has 7 heteroatoms. The fourth-order valence-corrected chi connectivity index (χ4v) is 2.83. The Bertz CT molecular complexity index is 762. The van der Waals surface area contributed by atoms with Gasteiger partial charge in [0.2, 0.25) is 0 Å². The average molecular weight is 375 g/mol. The molecule has 0 aliphatic carbocycles. The Labute approximate surface area is 158 Å². The normalized spacial score (nSPS) is 11.8. The first-order valence-electron chi connectivity index (χ1n) is 8.19. The second-order valence-electron chi connectivity index (χ2n) is 6.13. The van der Waals surface area contributed by atoms with E-state index >= 15 is 0 Å². The van der Waals surface area contributed by atoms with Gasteiger partial charge in [0.15, 0.2) is 0 Å². The summed E-state index contributed by atoms with van der Waals surface area (Å²) in [6.45, 7) is 0.757. The lowest BCUT2D eigenvalue weighted by Crippen LogP contribution is -2.34. The average Bonchev–Trinajstić information content (AvgIpc) is 2.61. The molecule has 2 aromatic carbocycles. The van der Waals surface area contributed by atoms with Gasteiger partial charge in [-0.1, -0.05) is 41.9 Å². The second kappa shape index (κ2) is 9.22. The summed E-state index contributed by atoms with van der Waals surface area (Å²) in [5.41, 5.74) is 7.42. The summed E-state index contributed by atoms with van der Waals surface area (Å²) in [6.07, 6.45) is 0. The summed E-state index contributed by atoms with van der Waals surface area (Å²) in [5.74, 6) is -0.168. The largest absolute Gasteiger partial charge is 0.352 e. The number of nitrogens with one attached hydrogen (secondary N) is 2. The van der Waals surface area contributed by atoms with Gasteiger partial charge in [-0.3, -0.25) is 4.79 Å². The molecule has 0 aliphatic heterocycles. The van der Waals surface area contributed by atoms with E-state index < -0.39 is 6.03 Å². The molecule has 0 unspecified atom stereocenters. The molecule has 6 nitrogen and oxygen atoms in total. The Hall–Kier alpha value is -2.57. The van der Waals surface area contributed by atoms with Crippen molar-refractivity contribution in [2.75, 3.05) is 20.6 Å². The SMILES string of the molecule is CN(C)[C@H](CNC(=O)c1ccc(CNC(N)=O)cc1)c1ccccc1Cl. The fourth-order valence-electron chi connectivity index (χ4n) is 2.57. The van der Waals surface area contributed by atoms with E-state index in [0.29, 0.717) is 23.7 Å². The standard InChI is InChI=1S/C19H23ClN4O2/c1-24(2)17(15-5-3-4-6-16(15)20)12-22-18(25)14-9-7-13(8-10-14)11-23-19(21)26/h3-10,17H,11-12H2,1-2H3,(H,22,25)(H3,21,23,26)/t17-/m1/s1. The maximum Gasteiger partial charge on any atom is 0.312 e. The molecule has 138 valence electrons. The number of halogens is 1. The quantitative estimate of drug-likeness (QED) is 0.696. The summed E-state index contributed by atoms with van der Waals surface area (Å²) in [7, 11) is 3.89. The van der Waals surface area contributed by atoms with Crippen molar-refractivity contribution in [2.24, 2.45) is 5.73 Å². The predicted octanol–water partition coefficient (Wildman–Crippen LogP) is 2.54. The third-order valence-corrected chi connectivity index (χ3v) is 4.37. The van der Waals surface area contributed by atoms with E-state index in [0.717, 1.165) is 11.1 Å². The maximum atomic E-state index is 12.4. The molecule has 0 saturated carbocycles. The number of carbonyl (C=O) groups is 2. The predicted molar refractivity (Wildman–Crippen MR) is 103 cm³/mol. The van der Waals surface area contributed by atoms with Gasteiger partial charge >= 0.3 is 6.03 Å². The summed E-state index contributed by atoms with van der Waals surface area (Å²) in [6, 6.07) is 14.0. The molecule has 3 amide bonds. The van der Waals surface area contributed by atoms with Gasteiger partial charge in [0.1, 0.15) is 0 Å². The highest BCUT2D eigenvalue weighted by molar-refractivity contribution is 6.31. The van der Waals surface area contributed by atoms with Crippen molar-refractivity contribution in [3.63, 3.8) is 0 Å². The van der Waals surface area contributed by atoms with Crippen molar-refractivity contribution in [3.05, 3.63) is 70.2 Å². The molecular formula is C19H23ClN4O2. The van der Waals surface area contributed by atoms with E-state index in [1.165, 1.54) is 0 Å². The van der Waals surface area contributed by atoms with Crippen LogP contribution in [-0.2, 0) is 6.54 Å². The van der Waals surface area contributed by atoms with Crippen molar-refractivity contribution in [1.82, 2.24) is 15.5 Å². The Morgan fingerprint density at radius 3 is 2.31 bits per heavy atom. The lowest BCUT2D eigenvalue weighted by Gasteiger charge is -2.26. The van der Waals surface area contributed by atoms with Crippen LogP contribution >= 0.6 is 11.6 Å².